The van der Waals surface area contributed by atoms with E-state index in [0.717, 1.165) is 39.1 Å². The van der Waals surface area contributed by atoms with Gasteiger partial charge in [-0.25, -0.2) is 4.98 Å². The number of carbonyl (C=O) groups is 1. The number of aromatic nitrogens is 2. The van der Waals surface area contributed by atoms with E-state index >= 15 is 0 Å². The van der Waals surface area contributed by atoms with Crippen molar-refractivity contribution in [3.8, 4) is 5.69 Å². The summed E-state index contributed by atoms with van der Waals surface area (Å²) in [5, 5.41) is 11.2. The molecule has 1 heterocycles. The molecule has 1 atom stereocenters. The minimum atomic E-state index is -0.740. The van der Waals surface area contributed by atoms with Gasteiger partial charge in [0.2, 0.25) is 0 Å². The van der Waals surface area contributed by atoms with E-state index in [1.54, 1.807) is 12.5 Å². The molecule has 0 saturated carbocycles. The van der Waals surface area contributed by atoms with Gasteiger partial charge in [-0.2, -0.15) is 0 Å². The molecule has 0 aliphatic carbocycles. The van der Waals surface area contributed by atoms with Crippen LogP contribution in [0.2, 0.25) is 0 Å². The van der Waals surface area contributed by atoms with Crippen LogP contribution in [0.25, 0.3) is 5.69 Å². The Bertz CT molecular complexity index is 939. The number of aryl methyl sites for hydroxylation is 3. The molecule has 3 aromatic rings. The number of ether oxygens (including phenoxy) is 1. The first-order valence-electron chi connectivity index (χ1n) is 8.87. The van der Waals surface area contributed by atoms with Gasteiger partial charge in [0.05, 0.1) is 6.33 Å². The number of carbonyl (C=O) groups excluding carboxylic acids is 1. The summed E-state index contributed by atoms with van der Waals surface area (Å²) in [6.45, 7) is 7.57. The van der Waals surface area contributed by atoms with Gasteiger partial charge in [0.15, 0.2) is 0 Å². The number of hydrogen-bond donors (Lipinski definition) is 1. The normalized spacial score (nSPS) is 12.0. The van der Waals surface area contributed by atoms with E-state index in [1.165, 1.54) is 6.92 Å². The van der Waals surface area contributed by atoms with Crippen molar-refractivity contribution in [3.05, 3.63) is 82.4 Å². The average molecular weight is 364 g/mol. The van der Waals surface area contributed by atoms with Gasteiger partial charge in [0.25, 0.3) is 0 Å². The predicted octanol–water partition coefficient (Wildman–Crippen LogP) is 3.94. The summed E-state index contributed by atoms with van der Waals surface area (Å²) in [4.78, 5) is 15.1. The van der Waals surface area contributed by atoms with E-state index in [0.29, 0.717) is 0 Å². The van der Waals surface area contributed by atoms with Crippen LogP contribution in [0.5, 0.6) is 0 Å². The molecule has 0 aliphatic rings. The minimum Gasteiger partial charge on any atom is -0.461 e. The van der Waals surface area contributed by atoms with Crippen molar-refractivity contribution in [3.63, 3.8) is 0 Å². The summed E-state index contributed by atoms with van der Waals surface area (Å²) >= 11 is 0. The van der Waals surface area contributed by atoms with Crippen molar-refractivity contribution >= 4 is 5.97 Å². The van der Waals surface area contributed by atoms with E-state index in [1.807, 2.05) is 61.9 Å². The molecule has 3 rings (SSSR count). The van der Waals surface area contributed by atoms with Crippen molar-refractivity contribution < 1.29 is 14.6 Å². The highest BCUT2D eigenvalue weighted by Crippen LogP contribution is 2.32. The van der Waals surface area contributed by atoms with Gasteiger partial charge in [-0.15, -0.1) is 0 Å². The number of benzene rings is 2. The maximum Gasteiger partial charge on any atom is 0.302 e. The summed E-state index contributed by atoms with van der Waals surface area (Å²) in [6, 6.07) is 9.93. The van der Waals surface area contributed by atoms with Crippen molar-refractivity contribution in [1.29, 1.82) is 0 Å². The number of esters is 1. The van der Waals surface area contributed by atoms with E-state index in [-0.39, 0.29) is 12.6 Å². The van der Waals surface area contributed by atoms with E-state index in [9.17, 15) is 9.90 Å². The summed E-state index contributed by atoms with van der Waals surface area (Å²) in [5.41, 5.74) is 6.57. The summed E-state index contributed by atoms with van der Waals surface area (Å²) in [6.07, 6.45) is 4.60. The molecule has 2 aromatic carbocycles. The number of nitrogens with zero attached hydrogens (tertiary/aromatic N) is 2. The van der Waals surface area contributed by atoms with E-state index in [2.05, 4.69) is 4.98 Å². The summed E-state index contributed by atoms with van der Waals surface area (Å²) in [5.74, 6) is -0.304. The summed E-state index contributed by atoms with van der Waals surface area (Å²) < 4.78 is 7.00. The molecule has 0 aliphatic heterocycles. The molecule has 0 radical (unpaired) electrons. The van der Waals surface area contributed by atoms with E-state index in [4.69, 9.17) is 4.74 Å². The molecule has 0 spiro atoms. The lowest BCUT2D eigenvalue weighted by Gasteiger charge is -2.21. The Morgan fingerprint density at radius 3 is 2.44 bits per heavy atom. The van der Waals surface area contributed by atoms with Crippen LogP contribution in [0.15, 0.2) is 49.1 Å². The Hall–Kier alpha value is -2.92. The monoisotopic (exact) mass is 364 g/mol. The topological polar surface area (TPSA) is 64.3 Å². The van der Waals surface area contributed by atoms with Crippen molar-refractivity contribution in [2.24, 2.45) is 0 Å². The Morgan fingerprint density at radius 1 is 1.15 bits per heavy atom. The molecule has 1 N–H and O–H groups in total. The van der Waals surface area contributed by atoms with Crippen LogP contribution in [0.3, 0.4) is 0 Å². The van der Waals surface area contributed by atoms with Crippen LogP contribution in [0, 0.1) is 20.8 Å². The van der Waals surface area contributed by atoms with Gasteiger partial charge in [0.1, 0.15) is 12.7 Å². The zero-order chi connectivity index (χ0) is 19.6. The molecule has 27 heavy (non-hydrogen) atoms. The molecule has 0 saturated heterocycles. The third-order valence-electron chi connectivity index (χ3n) is 4.73. The third-order valence-corrected chi connectivity index (χ3v) is 4.73. The number of rotatable bonds is 5. The van der Waals surface area contributed by atoms with Gasteiger partial charge < -0.3 is 14.4 Å². The maximum atomic E-state index is 11.2. The first-order valence-corrected chi connectivity index (χ1v) is 8.87. The molecule has 5 nitrogen and oxygen atoms in total. The zero-order valence-corrected chi connectivity index (χ0v) is 16.1. The minimum absolute atomic E-state index is 0.239. The van der Waals surface area contributed by atoms with Gasteiger partial charge in [-0.1, -0.05) is 18.2 Å². The SMILES string of the molecule is CC(=O)OCc1cc(C)c(C(O)c2cc(-n3ccnc3)ccc2C)c(C)c1. The quantitative estimate of drug-likeness (QED) is 0.697. The molecule has 0 amide bonds. The maximum absolute atomic E-state index is 11.2. The summed E-state index contributed by atoms with van der Waals surface area (Å²) in [7, 11) is 0. The van der Waals surface area contributed by atoms with Gasteiger partial charge in [-0.05, 0) is 66.3 Å². The van der Waals surface area contributed by atoms with E-state index < -0.39 is 6.10 Å². The van der Waals surface area contributed by atoms with Crippen LogP contribution in [0.1, 0.15) is 46.4 Å². The van der Waals surface area contributed by atoms with Gasteiger partial charge in [0, 0.05) is 25.0 Å². The Balaban J connectivity index is 1.97. The highest BCUT2D eigenvalue weighted by Gasteiger charge is 2.19. The second kappa shape index (κ2) is 7.76. The fourth-order valence-electron chi connectivity index (χ4n) is 3.41. The molecular weight excluding hydrogens is 340 g/mol. The smallest absolute Gasteiger partial charge is 0.302 e. The van der Waals surface area contributed by atoms with Crippen LogP contribution >= 0.6 is 0 Å². The molecule has 1 aromatic heterocycles. The number of hydrogen-bond acceptors (Lipinski definition) is 4. The predicted molar refractivity (Wildman–Crippen MR) is 104 cm³/mol. The lowest BCUT2D eigenvalue weighted by atomic mass is 9.89. The molecule has 0 fully saturated rings. The number of imidazole rings is 1. The molecule has 5 heteroatoms. The van der Waals surface area contributed by atoms with Crippen molar-refractivity contribution in [1.82, 2.24) is 9.55 Å². The lowest BCUT2D eigenvalue weighted by molar-refractivity contribution is -0.142. The standard InChI is InChI=1S/C22H24N2O3/c1-14-5-6-19(24-8-7-23-13-24)11-20(14)22(26)21-15(2)9-18(10-16(21)3)12-27-17(4)25/h5-11,13,22,26H,12H2,1-4H3. The van der Waals surface area contributed by atoms with Crippen LogP contribution in [-0.4, -0.2) is 20.6 Å². The number of aliphatic hydroxyl groups is 1. The fraction of sp³-hybridized carbons (Fsp3) is 0.273. The fourth-order valence-corrected chi connectivity index (χ4v) is 3.41. The molecule has 140 valence electrons. The highest BCUT2D eigenvalue weighted by atomic mass is 16.5. The van der Waals surface area contributed by atoms with Gasteiger partial charge in [-0.3, -0.25) is 4.79 Å². The highest BCUT2D eigenvalue weighted by molar-refractivity contribution is 5.66. The van der Waals surface area contributed by atoms with Crippen LogP contribution in [0.4, 0.5) is 0 Å². The Kier molecular flexibility index (Phi) is 5.42. The second-order valence-corrected chi connectivity index (χ2v) is 6.84. The van der Waals surface area contributed by atoms with Crippen molar-refractivity contribution in [2.45, 2.75) is 40.4 Å². The first kappa shape index (κ1) is 18.9. The average Bonchev–Trinajstić information content (AvgIpc) is 3.14. The molecule has 1 unspecified atom stereocenters. The third kappa shape index (κ3) is 4.09. The second-order valence-electron chi connectivity index (χ2n) is 6.84. The largest absolute Gasteiger partial charge is 0.461 e. The molecular formula is C22H24N2O3. The Morgan fingerprint density at radius 2 is 1.85 bits per heavy atom. The molecule has 0 bridgehead atoms. The first-order chi connectivity index (χ1) is 12.9. The zero-order valence-electron chi connectivity index (χ0n) is 16.1. The number of aliphatic hydroxyl groups excluding tert-OH is 1. The van der Waals surface area contributed by atoms with Crippen molar-refractivity contribution in [2.75, 3.05) is 0 Å². The lowest BCUT2D eigenvalue weighted by Crippen LogP contribution is -2.09. The van der Waals surface area contributed by atoms with Crippen LogP contribution < -0.4 is 0 Å². The van der Waals surface area contributed by atoms with Crippen LogP contribution in [-0.2, 0) is 16.1 Å². The Labute approximate surface area is 159 Å². The van der Waals surface area contributed by atoms with Gasteiger partial charge >= 0.3 is 5.97 Å².